The van der Waals surface area contributed by atoms with E-state index in [4.69, 9.17) is 16.3 Å². The molecule has 5 rings (SSSR count). The molecule has 0 aliphatic carbocycles. The largest absolute Gasteiger partial charge is 0.378 e. The highest BCUT2D eigenvalue weighted by Gasteiger charge is 2.22. The van der Waals surface area contributed by atoms with Gasteiger partial charge in [-0.25, -0.2) is 4.98 Å². The number of nitro groups is 1. The number of rotatable bonds is 5. The Morgan fingerprint density at radius 1 is 1.12 bits per heavy atom. The Bertz CT molecular complexity index is 1370. The summed E-state index contributed by atoms with van der Waals surface area (Å²) in [4.78, 5) is 30.6. The molecule has 1 aromatic heterocycles. The number of hydrogen-bond acceptors (Lipinski definition) is 7. The Kier molecular flexibility index (Phi) is 6.14. The lowest BCUT2D eigenvalue weighted by atomic mass is 10.1. The van der Waals surface area contributed by atoms with Gasteiger partial charge in [0.25, 0.3) is 11.6 Å². The number of anilines is 2. The molecule has 0 spiro atoms. The minimum Gasteiger partial charge on any atom is -0.378 e. The molecule has 10 heteroatoms. The molecule has 2 heterocycles. The second-order valence-electron chi connectivity index (χ2n) is 7.69. The maximum Gasteiger partial charge on any atom is 0.270 e. The zero-order valence-corrected chi connectivity index (χ0v) is 19.4. The van der Waals surface area contributed by atoms with Crippen LogP contribution in [0.1, 0.15) is 10.4 Å². The predicted molar refractivity (Wildman–Crippen MR) is 134 cm³/mol. The van der Waals surface area contributed by atoms with E-state index in [-0.39, 0.29) is 11.3 Å². The molecule has 1 aliphatic heterocycles. The van der Waals surface area contributed by atoms with E-state index in [1.54, 1.807) is 29.5 Å². The van der Waals surface area contributed by atoms with Crippen molar-refractivity contribution < 1.29 is 14.5 Å². The van der Waals surface area contributed by atoms with Gasteiger partial charge >= 0.3 is 0 Å². The summed E-state index contributed by atoms with van der Waals surface area (Å²) in [5.41, 5.74) is 2.86. The number of para-hydroxylation sites is 1. The number of aromatic nitrogens is 1. The summed E-state index contributed by atoms with van der Waals surface area (Å²) in [6.07, 6.45) is 0. The van der Waals surface area contributed by atoms with Crippen LogP contribution in [0.3, 0.4) is 0 Å². The third kappa shape index (κ3) is 4.45. The number of fused-ring (bicyclic) bond motifs is 1. The van der Waals surface area contributed by atoms with Gasteiger partial charge in [0.05, 0.1) is 44.6 Å². The van der Waals surface area contributed by atoms with Crippen molar-refractivity contribution in [1.82, 2.24) is 4.98 Å². The van der Waals surface area contributed by atoms with Gasteiger partial charge < -0.3 is 15.0 Å². The third-order valence-electron chi connectivity index (χ3n) is 5.54. The van der Waals surface area contributed by atoms with Crippen LogP contribution in [-0.2, 0) is 4.74 Å². The number of amides is 1. The van der Waals surface area contributed by atoms with Crippen molar-refractivity contribution in [2.24, 2.45) is 0 Å². The zero-order valence-electron chi connectivity index (χ0n) is 17.9. The number of carbonyl (C=O) groups is 1. The highest BCUT2D eigenvalue weighted by atomic mass is 35.5. The summed E-state index contributed by atoms with van der Waals surface area (Å²) >= 11 is 8.09. The standard InChI is InChI=1S/C24H19ClN4O4S/c25-19-13-15(5-7-17(19)24-27-20-3-1-2-4-22(20)34-24)26-23(30)18-14-16(29(31)32)6-8-21(18)28-9-11-33-12-10-28/h1-8,13-14H,9-12H2,(H,26,30). The molecule has 1 saturated heterocycles. The molecular weight excluding hydrogens is 476 g/mol. The van der Waals surface area contributed by atoms with Crippen LogP contribution in [0.25, 0.3) is 20.8 Å². The number of hydrogen-bond donors (Lipinski definition) is 1. The van der Waals surface area contributed by atoms with E-state index < -0.39 is 10.8 Å². The Morgan fingerprint density at radius 2 is 1.91 bits per heavy atom. The third-order valence-corrected chi connectivity index (χ3v) is 6.92. The number of ether oxygens (including phenoxy) is 1. The Balaban J connectivity index is 1.43. The first-order valence-electron chi connectivity index (χ1n) is 10.6. The SMILES string of the molecule is O=C(Nc1ccc(-c2nc3ccccc3s2)c(Cl)c1)c1cc([N+](=O)[O-])ccc1N1CCOCC1. The van der Waals surface area contributed by atoms with Crippen molar-refractivity contribution >= 4 is 56.1 Å². The first-order chi connectivity index (χ1) is 16.5. The van der Waals surface area contributed by atoms with Gasteiger partial charge in [-0.05, 0) is 36.4 Å². The smallest absolute Gasteiger partial charge is 0.270 e. The number of nitrogens with one attached hydrogen (secondary N) is 1. The average Bonchev–Trinajstić information content (AvgIpc) is 3.28. The van der Waals surface area contributed by atoms with Crippen molar-refractivity contribution in [3.05, 3.63) is 81.4 Å². The second kappa shape index (κ2) is 9.38. The summed E-state index contributed by atoms with van der Waals surface area (Å²) < 4.78 is 6.45. The van der Waals surface area contributed by atoms with Gasteiger partial charge in [0.1, 0.15) is 5.01 Å². The average molecular weight is 495 g/mol. The van der Waals surface area contributed by atoms with Gasteiger partial charge in [0.15, 0.2) is 0 Å². The lowest BCUT2D eigenvalue weighted by Crippen LogP contribution is -2.37. The first-order valence-corrected chi connectivity index (χ1v) is 11.8. The normalized spacial score (nSPS) is 13.7. The van der Waals surface area contributed by atoms with E-state index in [1.807, 2.05) is 35.2 Å². The molecule has 8 nitrogen and oxygen atoms in total. The lowest BCUT2D eigenvalue weighted by molar-refractivity contribution is -0.384. The van der Waals surface area contributed by atoms with E-state index in [1.165, 1.54) is 12.1 Å². The highest BCUT2D eigenvalue weighted by Crippen LogP contribution is 2.36. The van der Waals surface area contributed by atoms with E-state index in [0.717, 1.165) is 20.8 Å². The predicted octanol–water partition coefficient (Wildman–Crippen LogP) is 5.61. The minimum atomic E-state index is -0.510. The van der Waals surface area contributed by atoms with Crippen molar-refractivity contribution in [3.8, 4) is 10.6 Å². The van der Waals surface area contributed by atoms with Gasteiger partial charge in [-0.1, -0.05) is 23.7 Å². The van der Waals surface area contributed by atoms with Crippen molar-refractivity contribution in [2.75, 3.05) is 36.5 Å². The molecule has 0 radical (unpaired) electrons. The maximum absolute atomic E-state index is 13.2. The molecule has 3 aromatic carbocycles. The van der Waals surface area contributed by atoms with Crippen LogP contribution in [0, 0.1) is 10.1 Å². The molecular formula is C24H19ClN4O4S. The summed E-state index contributed by atoms with van der Waals surface area (Å²) in [7, 11) is 0. The fraction of sp³-hybridized carbons (Fsp3) is 0.167. The highest BCUT2D eigenvalue weighted by molar-refractivity contribution is 7.21. The number of non-ortho nitro benzene ring substituents is 1. The van der Waals surface area contributed by atoms with E-state index in [2.05, 4.69) is 10.3 Å². The van der Waals surface area contributed by atoms with Crippen molar-refractivity contribution in [3.63, 3.8) is 0 Å². The van der Waals surface area contributed by atoms with Crippen LogP contribution in [0.4, 0.5) is 17.1 Å². The molecule has 1 amide bonds. The van der Waals surface area contributed by atoms with E-state index in [9.17, 15) is 14.9 Å². The number of halogens is 1. The number of nitrogens with zero attached hydrogens (tertiary/aromatic N) is 3. The second-order valence-corrected chi connectivity index (χ2v) is 9.13. The molecule has 34 heavy (non-hydrogen) atoms. The Hall–Kier alpha value is -3.53. The fourth-order valence-corrected chi connectivity index (χ4v) is 5.18. The van der Waals surface area contributed by atoms with Crippen molar-refractivity contribution in [2.45, 2.75) is 0 Å². The number of carbonyl (C=O) groups excluding carboxylic acids is 1. The van der Waals surface area contributed by atoms with Crippen LogP contribution in [0.5, 0.6) is 0 Å². The zero-order chi connectivity index (χ0) is 23.7. The molecule has 1 aliphatic rings. The number of morpholine rings is 1. The fourth-order valence-electron chi connectivity index (χ4n) is 3.85. The van der Waals surface area contributed by atoms with Gasteiger partial charge in [-0.15, -0.1) is 11.3 Å². The summed E-state index contributed by atoms with van der Waals surface area (Å²) in [5, 5.41) is 15.4. The molecule has 0 bridgehead atoms. The molecule has 1 N–H and O–H groups in total. The molecule has 4 aromatic rings. The summed E-state index contributed by atoms with van der Waals surface area (Å²) in [5.74, 6) is -0.450. The quantitative estimate of drug-likeness (QED) is 0.286. The number of nitro benzene ring substituents is 1. The summed E-state index contributed by atoms with van der Waals surface area (Å²) in [6.45, 7) is 2.25. The van der Waals surface area contributed by atoms with Crippen LogP contribution in [0.2, 0.25) is 5.02 Å². The minimum absolute atomic E-state index is 0.147. The number of benzene rings is 3. The molecule has 0 saturated carbocycles. The van der Waals surface area contributed by atoms with Crippen LogP contribution < -0.4 is 10.2 Å². The Labute approximate surface area is 203 Å². The monoisotopic (exact) mass is 494 g/mol. The van der Waals surface area contributed by atoms with Gasteiger partial charge in [-0.3, -0.25) is 14.9 Å². The van der Waals surface area contributed by atoms with Crippen LogP contribution >= 0.6 is 22.9 Å². The molecule has 0 unspecified atom stereocenters. The lowest BCUT2D eigenvalue weighted by Gasteiger charge is -2.30. The topological polar surface area (TPSA) is 97.6 Å². The van der Waals surface area contributed by atoms with E-state index in [0.29, 0.717) is 42.7 Å². The Morgan fingerprint density at radius 3 is 2.65 bits per heavy atom. The van der Waals surface area contributed by atoms with Gasteiger partial charge in [0, 0.05) is 36.5 Å². The maximum atomic E-state index is 13.2. The van der Waals surface area contributed by atoms with Crippen LogP contribution in [0.15, 0.2) is 60.7 Å². The molecule has 1 fully saturated rings. The summed E-state index contributed by atoms with van der Waals surface area (Å²) in [6, 6.07) is 17.4. The van der Waals surface area contributed by atoms with Gasteiger partial charge in [-0.2, -0.15) is 0 Å². The van der Waals surface area contributed by atoms with Gasteiger partial charge in [0.2, 0.25) is 0 Å². The number of thiazole rings is 1. The first kappa shape index (κ1) is 22.3. The molecule has 0 atom stereocenters. The van der Waals surface area contributed by atoms with Crippen LogP contribution in [-0.4, -0.2) is 42.1 Å². The molecule has 172 valence electrons. The van der Waals surface area contributed by atoms with Crippen molar-refractivity contribution in [1.29, 1.82) is 0 Å². The van der Waals surface area contributed by atoms with E-state index >= 15 is 0 Å².